The zero-order chi connectivity index (χ0) is 23.4. The van der Waals surface area contributed by atoms with E-state index in [0.29, 0.717) is 17.9 Å². The summed E-state index contributed by atoms with van der Waals surface area (Å²) in [4.78, 5) is 24.7. The molecular weight excluding hydrogens is 464 g/mol. The quantitative estimate of drug-likeness (QED) is 0.486. The molecule has 0 radical (unpaired) electrons. The van der Waals surface area contributed by atoms with Crippen LogP contribution in [0.3, 0.4) is 0 Å². The number of carbonyl (C=O) groups excluding carboxylic acids is 2. The van der Waals surface area contributed by atoms with E-state index in [1.807, 2.05) is 35.1 Å². The number of aromatic nitrogens is 3. The molecule has 3 heterocycles. The topological polar surface area (TPSA) is 126 Å². The lowest BCUT2D eigenvalue weighted by atomic mass is 10.1. The van der Waals surface area contributed by atoms with Gasteiger partial charge < -0.3 is 10.6 Å². The van der Waals surface area contributed by atoms with E-state index in [-0.39, 0.29) is 36.0 Å². The SMILES string of the molecule is CSCCC(NC(=O)c1cccc(S(=O)(=O)N2CCNC(=O)C2)c1)c1nnc2ccccn12. The number of piperazine rings is 1. The third-order valence-corrected chi connectivity index (χ3v) is 7.79. The van der Waals surface area contributed by atoms with Crippen LogP contribution in [-0.2, 0) is 14.8 Å². The number of carbonyl (C=O) groups is 2. The number of benzene rings is 1. The van der Waals surface area contributed by atoms with Gasteiger partial charge in [-0.15, -0.1) is 10.2 Å². The van der Waals surface area contributed by atoms with Crippen molar-refractivity contribution in [2.75, 3.05) is 31.6 Å². The van der Waals surface area contributed by atoms with Crippen molar-refractivity contribution in [2.45, 2.75) is 17.4 Å². The summed E-state index contributed by atoms with van der Waals surface area (Å²) in [6.45, 7) is 0.193. The molecule has 3 aromatic rings. The number of nitrogens with zero attached hydrogens (tertiary/aromatic N) is 4. The number of hydrogen-bond acceptors (Lipinski definition) is 7. The molecule has 2 N–H and O–H groups in total. The van der Waals surface area contributed by atoms with Crippen LogP contribution in [0.2, 0.25) is 0 Å². The Balaban J connectivity index is 1.58. The number of fused-ring (bicyclic) bond motifs is 1. The molecule has 2 aromatic heterocycles. The van der Waals surface area contributed by atoms with Gasteiger partial charge >= 0.3 is 0 Å². The molecule has 0 bridgehead atoms. The highest BCUT2D eigenvalue weighted by atomic mass is 32.2. The van der Waals surface area contributed by atoms with Crippen molar-refractivity contribution >= 4 is 39.2 Å². The molecule has 1 aromatic carbocycles. The van der Waals surface area contributed by atoms with Gasteiger partial charge in [0.05, 0.1) is 17.5 Å². The number of hydrogen-bond donors (Lipinski definition) is 2. The number of nitrogens with one attached hydrogen (secondary N) is 2. The smallest absolute Gasteiger partial charge is 0.251 e. The standard InChI is InChI=1S/C21H24N6O4S2/c1-32-12-8-17(20-25-24-18-7-2-3-10-27(18)20)23-21(29)15-5-4-6-16(13-15)33(30,31)26-11-9-22-19(28)14-26/h2-7,10,13,17H,8-9,11-12,14H2,1H3,(H,22,28)(H,23,29). The molecule has 1 atom stereocenters. The fourth-order valence-electron chi connectivity index (χ4n) is 3.61. The molecule has 4 rings (SSSR count). The van der Waals surface area contributed by atoms with E-state index in [4.69, 9.17) is 0 Å². The highest BCUT2D eigenvalue weighted by molar-refractivity contribution is 7.98. The summed E-state index contributed by atoms with van der Waals surface area (Å²) in [5.74, 6) is 0.632. The lowest BCUT2D eigenvalue weighted by Gasteiger charge is -2.26. The fourth-order valence-corrected chi connectivity index (χ4v) is 5.52. The van der Waals surface area contributed by atoms with E-state index in [2.05, 4.69) is 20.8 Å². The molecule has 0 saturated carbocycles. The molecule has 1 aliphatic rings. The third-order valence-electron chi connectivity index (χ3n) is 5.31. The minimum absolute atomic E-state index is 0.0292. The highest BCUT2D eigenvalue weighted by Gasteiger charge is 2.30. The first-order valence-electron chi connectivity index (χ1n) is 10.4. The summed E-state index contributed by atoms with van der Waals surface area (Å²) in [7, 11) is -3.90. The van der Waals surface area contributed by atoms with Gasteiger partial charge in [0.15, 0.2) is 11.5 Å². The van der Waals surface area contributed by atoms with Crippen molar-refractivity contribution in [3.63, 3.8) is 0 Å². The van der Waals surface area contributed by atoms with Crippen molar-refractivity contribution in [1.29, 1.82) is 0 Å². The number of thioether (sulfide) groups is 1. The first-order valence-corrected chi connectivity index (χ1v) is 13.2. The van der Waals surface area contributed by atoms with Crippen molar-refractivity contribution < 1.29 is 18.0 Å². The maximum absolute atomic E-state index is 13.1. The molecule has 0 aliphatic carbocycles. The molecule has 1 fully saturated rings. The van der Waals surface area contributed by atoms with E-state index in [9.17, 15) is 18.0 Å². The van der Waals surface area contributed by atoms with Gasteiger partial charge in [-0.1, -0.05) is 12.1 Å². The van der Waals surface area contributed by atoms with Gasteiger partial charge in [0.1, 0.15) is 0 Å². The van der Waals surface area contributed by atoms with Crippen molar-refractivity contribution in [3.8, 4) is 0 Å². The molecule has 12 heteroatoms. The molecule has 1 aliphatic heterocycles. The van der Waals surface area contributed by atoms with Crippen molar-refractivity contribution in [3.05, 3.63) is 60.0 Å². The summed E-state index contributed by atoms with van der Waals surface area (Å²) >= 11 is 1.65. The number of amides is 2. The van der Waals surface area contributed by atoms with Crippen molar-refractivity contribution in [2.24, 2.45) is 0 Å². The molecule has 0 spiro atoms. The van der Waals surface area contributed by atoms with E-state index in [0.717, 1.165) is 10.1 Å². The summed E-state index contributed by atoms with van der Waals surface area (Å²) in [5.41, 5.74) is 0.884. The largest absolute Gasteiger partial charge is 0.354 e. The zero-order valence-electron chi connectivity index (χ0n) is 18.0. The normalized spacial score (nSPS) is 15.8. The third kappa shape index (κ3) is 5.02. The zero-order valence-corrected chi connectivity index (χ0v) is 19.6. The number of rotatable bonds is 8. The maximum atomic E-state index is 13.1. The summed E-state index contributed by atoms with van der Waals surface area (Å²) < 4.78 is 28.9. The molecule has 1 unspecified atom stereocenters. The van der Waals surface area contributed by atoms with Crippen molar-refractivity contribution in [1.82, 2.24) is 29.5 Å². The van der Waals surface area contributed by atoms with E-state index < -0.39 is 22.0 Å². The van der Waals surface area contributed by atoms with Gasteiger partial charge in [-0.05, 0) is 48.8 Å². The summed E-state index contributed by atoms with van der Waals surface area (Å²) in [5, 5.41) is 14.0. The molecular formula is C21H24N6O4S2. The van der Waals surface area contributed by atoms with Gasteiger partial charge in [0, 0.05) is 24.8 Å². The summed E-state index contributed by atoms with van der Waals surface area (Å²) in [6, 6.07) is 11.0. The Kier molecular flexibility index (Phi) is 6.96. The molecule has 10 nitrogen and oxygen atoms in total. The summed E-state index contributed by atoms with van der Waals surface area (Å²) in [6.07, 6.45) is 4.45. The Labute approximate surface area is 195 Å². The van der Waals surface area contributed by atoms with Gasteiger partial charge in [-0.25, -0.2) is 8.42 Å². The minimum atomic E-state index is -3.90. The maximum Gasteiger partial charge on any atom is 0.251 e. The van der Waals surface area contributed by atoms with Crippen LogP contribution in [0.4, 0.5) is 0 Å². The van der Waals surface area contributed by atoms with Gasteiger partial charge in [-0.3, -0.25) is 14.0 Å². The van der Waals surface area contributed by atoms with Gasteiger partial charge in [-0.2, -0.15) is 16.1 Å². The first kappa shape index (κ1) is 23.2. The Morgan fingerprint density at radius 3 is 2.88 bits per heavy atom. The molecule has 1 saturated heterocycles. The van der Waals surface area contributed by atoms with Crippen LogP contribution in [0, 0.1) is 0 Å². The Hall–Kier alpha value is -2.96. The van der Waals surface area contributed by atoms with E-state index in [1.165, 1.54) is 18.2 Å². The fraction of sp³-hybridized carbons (Fsp3) is 0.333. The van der Waals surface area contributed by atoms with Crippen LogP contribution < -0.4 is 10.6 Å². The van der Waals surface area contributed by atoms with Crippen LogP contribution in [-0.4, -0.2) is 70.8 Å². The van der Waals surface area contributed by atoms with Crippen LogP contribution in [0.15, 0.2) is 53.6 Å². The minimum Gasteiger partial charge on any atom is -0.354 e. The van der Waals surface area contributed by atoms with Crippen LogP contribution >= 0.6 is 11.8 Å². The lowest BCUT2D eigenvalue weighted by Crippen LogP contribution is -2.49. The lowest BCUT2D eigenvalue weighted by molar-refractivity contribution is -0.122. The van der Waals surface area contributed by atoms with Crippen LogP contribution in [0.25, 0.3) is 5.65 Å². The highest BCUT2D eigenvalue weighted by Crippen LogP contribution is 2.21. The Morgan fingerprint density at radius 1 is 1.24 bits per heavy atom. The van der Waals surface area contributed by atoms with Gasteiger partial charge in [0.2, 0.25) is 15.9 Å². The van der Waals surface area contributed by atoms with Crippen LogP contribution in [0.1, 0.15) is 28.6 Å². The monoisotopic (exact) mass is 488 g/mol. The predicted octanol–water partition coefficient (Wildman–Crippen LogP) is 1.07. The van der Waals surface area contributed by atoms with Gasteiger partial charge in [0.25, 0.3) is 5.91 Å². The van der Waals surface area contributed by atoms with E-state index in [1.54, 1.807) is 17.8 Å². The average Bonchev–Trinajstić information content (AvgIpc) is 3.26. The predicted molar refractivity (Wildman–Crippen MR) is 124 cm³/mol. The Bertz CT molecular complexity index is 1280. The Morgan fingerprint density at radius 2 is 2.09 bits per heavy atom. The van der Waals surface area contributed by atoms with Crippen LogP contribution in [0.5, 0.6) is 0 Å². The average molecular weight is 489 g/mol. The molecule has 2 amide bonds. The first-order chi connectivity index (χ1) is 15.9. The number of pyridine rings is 1. The molecule has 174 valence electrons. The second-order valence-electron chi connectivity index (χ2n) is 7.51. The van der Waals surface area contributed by atoms with E-state index >= 15 is 0 Å². The molecule has 33 heavy (non-hydrogen) atoms. The number of sulfonamides is 1. The second kappa shape index (κ2) is 9.89. The second-order valence-corrected chi connectivity index (χ2v) is 10.4.